The van der Waals surface area contributed by atoms with Crippen LogP contribution in [0.5, 0.6) is 5.75 Å². The van der Waals surface area contributed by atoms with Crippen molar-refractivity contribution in [1.82, 2.24) is 25.7 Å². The van der Waals surface area contributed by atoms with Gasteiger partial charge in [-0.15, -0.1) is 20.4 Å². The maximum Gasteiger partial charge on any atom is 0.500 e. The number of carbonyl (C=O) groups is 1. The van der Waals surface area contributed by atoms with E-state index in [4.69, 9.17) is 55.9 Å². The number of hydrogen-bond acceptors (Lipinski definition) is 17. The molecule has 1 aromatic heterocycles. The summed E-state index contributed by atoms with van der Waals surface area (Å²) < 4.78 is 67.3. The van der Waals surface area contributed by atoms with Gasteiger partial charge in [0.05, 0.1) is 106 Å². The van der Waals surface area contributed by atoms with Crippen molar-refractivity contribution in [3.05, 3.63) is 30.1 Å². The molecule has 1 amide bonds. The number of benzene rings is 1. The van der Waals surface area contributed by atoms with Crippen LogP contribution in [0, 0.1) is 6.92 Å². The fourth-order valence-corrected chi connectivity index (χ4v) is 7.35. The van der Waals surface area contributed by atoms with Crippen molar-refractivity contribution < 1.29 is 60.7 Å². The zero-order valence-corrected chi connectivity index (χ0v) is 34.9. The monoisotopic (exact) mass is 815 g/mol. The first-order chi connectivity index (χ1) is 27.5. The summed E-state index contributed by atoms with van der Waals surface area (Å²) in [5.74, 6) is 1.67. The predicted molar refractivity (Wildman–Crippen MR) is 208 cm³/mol. The Balaban J connectivity index is 1.23. The SMILES string of the molecule is CCO[Si](CCCNC(=O)CCOCCOCCOCCOCCOCCOCCOCCOCCOc1ccc(-c2nnc(C)nn2)cc1)(OCC)OCC. The highest BCUT2D eigenvalue weighted by Crippen LogP contribution is 2.19. The highest BCUT2D eigenvalue weighted by Gasteiger charge is 2.39. The third-order valence-corrected chi connectivity index (χ3v) is 10.5. The summed E-state index contributed by atoms with van der Waals surface area (Å²) >= 11 is 0. The molecule has 0 radical (unpaired) electrons. The molecular weight excluding hydrogens is 751 g/mol. The predicted octanol–water partition coefficient (Wildman–Crippen LogP) is 2.70. The van der Waals surface area contributed by atoms with Gasteiger partial charge in [0.25, 0.3) is 0 Å². The Morgan fingerprint density at radius 2 is 0.946 bits per heavy atom. The number of nitrogens with zero attached hydrogens (tertiary/aromatic N) is 4. The largest absolute Gasteiger partial charge is 0.500 e. The van der Waals surface area contributed by atoms with E-state index >= 15 is 0 Å². The summed E-state index contributed by atoms with van der Waals surface area (Å²) in [6.45, 7) is 17.4. The average molecular weight is 816 g/mol. The van der Waals surface area contributed by atoms with Crippen molar-refractivity contribution in [2.24, 2.45) is 0 Å². The summed E-state index contributed by atoms with van der Waals surface area (Å²) in [6, 6.07) is 8.08. The molecule has 18 nitrogen and oxygen atoms in total. The van der Waals surface area contributed by atoms with Gasteiger partial charge >= 0.3 is 8.80 Å². The molecule has 19 heteroatoms. The molecule has 320 valence electrons. The van der Waals surface area contributed by atoms with Crippen LogP contribution in [0.3, 0.4) is 0 Å². The van der Waals surface area contributed by atoms with Crippen LogP contribution < -0.4 is 10.1 Å². The van der Waals surface area contributed by atoms with Gasteiger partial charge in [-0.3, -0.25) is 4.79 Å². The third-order valence-electron chi connectivity index (χ3n) is 7.34. The van der Waals surface area contributed by atoms with Crippen LogP contribution in [0.15, 0.2) is 24.3 Å². The Hall–Kier alpha value is -2.79. The molecule has 0 spiro atoms. The van der Waals surface area contributed by atoms with Crippen LogP contribution in [-0.2, 0) is 56.0 Å². The lowest BCUT2D eigenvalue weighted by Gasteiger charge is -2.28. The van der Waals surface area contributed by atoms with E-state index in [9.17, 15) is 4.79 Å². The van der Waals surface area contributed by atoms with Gasteiger partial charge in [-0.1, -0.05) is 0 Å². The highest BCUT2D eigenvalue weighted by molar-refractivity contribution is 6.60. The summed E-state index contributed by atoms with van der Waals surface area (Å²) in [5, 5.41) is 18.8. The molecule has 0 saturated heterocycles. The minimum atomic E-state index is -2.67. The Bertz CT molecular complexity index is 1190. The van der Waals surface area contributed by atoms with Crippen molar-refractivity contribution in [2.45, 2.75) is 46.6 Å². The number of rotatable bonds is 39. The van der Waals surface area contributed by atoms with E-state index in [1.54, 1.807) is 6.92 Å². The van der Waals surface area contributed by atoms with Crippen LogP contribution in [0.2, 0.25) is 6.04 Å². The summed E-state index contributed by atoms with van der Waals surface area (Å²) in [4.78, 5) is 12.1. The van der Waals surface area contributed by atoms with E-state index in [0.717, 1.165) is 17.7 Å². The smallest absolute Gasteiger partial charge is 0.491 e. The molecule has 2 aromatic rings. The number of nitrogens with one attached hydrogen (secondary N) is 1. The van der Waals surface area contributed by atoms with Crippen LogP contribution >= 0.6 is 0 Å². The van der Waals surface area contributed by atoms with E-state index in [-0.39, 0.29) is 5.91 Å². The molecule has 56 heavy (non-hydrogen) atoms. The molecule has 1 heterocycles. The second-order valence-corrected chi connectivity index (χ2v) is 14.5. The molecule has 0 aliphatic heterocycles. The van der Waals surface area contributed by atoms with Crippen LogP contribution in [0.25, 0.3) is 11.4 Å². The average Bonchev–Trinajstić information content (AvgIpc) is 3.20. The molecule has 0 saturated carbocycles. The van der Waals surface area contributed by atoms with Crippen molar-refractivity contribution in [3.8, 4) is 17.1 Å². The minimum absolute atomic E-state index is 0.0546. The topological polar surface area (TPSA) is 191 Å². The lowest BCUT2D eigenvalue weighted by atomic mass is 10.2. The Morgan fingerprint density at radius 1 is 0.554 bits per heavy atom. The summed E-state index contributed by atoms with van der Waals surface area (Å²) in [5.41, 5.74) is 0.818. The molecule has 0 fully saturated rings. The van der Waals surface area contributed by atoms with Crippen molar-refractivity contribution in [3.63, 3.8) is 0 Å². The number of amides is 1. The zero-order valence-electron chi connectivity index (χ0n) is 33.9. The van der Waals surface area contributed by atoms with Gasteiger partial charge in [0.15, 0.2) is 5.82 Å². The van der Waals surface area contributed by atoms with Gasteiger partial charge in [0.1, 0.15) is 12.4 Å². The Labute approximate surface area is 333 Å². The normalized spacial score (nSPS) is 11.6. The molecule has 0 aliphatic rings. The Morgan fingerprint density at radius 3 is 1.36 bits per heavy atom. The van der Waals surface area contributed by atoms with Crippen LogP contribution in [-0.4, -0.2) is 174 Å². The van der Waals surface area contributed by atoms with E-state index in [0.29, 0.717) is 163 Å². The fourth-order valence-electron chi connectivity index (χ4n) is 4.74. The van der Waals surface area contributed by atoms with Gasteiger partial charge in [-0.2, -0.15) is 0 Å². The first-order valence-electron chi connectivity index (χ1n) is 19.6. The first-order valence-corrected chi connectivity index (χ1v) is 21.5. The molecular formula is C37H65N5O13Si. The van der Waals surface area contributed by atoms with Gasteiger partial charge in [-0.25, -0.2) is 0 Å². The molecule has 0 atom stereocenters. The summed E-state index contributed by atoms with van der Waals surface area (Å²) in [7, 11) is -2.67. The molecule has 0 aliphatic carbocycles. The van der Waals surface area contributed by atoms with E-state index < -0.39 is 8.80 Å². The summed E-state index contributed by atoms with van der Waals surface area (Å²) in [6.07, 6.45) is 1.02. The maximum absolute atomic E-state index is 12.1. The number of carbonyl (C=O) groups excluding carboxylic acids is 1. The van der Waals surface area contributed by atoms with Crippen molar-refractivity contribution >= 4 is 14.7 Å². The maximum atomic E-state index is 12.1. The third kappa shape index (κ3) is 25.5. The molecule has 1 N–H and O–H groups in total. The van der Waals surface area contributed by atoms with E-state index in [1.807, 2.05) is 45.0 Å². The molecule has 2 rings (SSSR count). The number of hydrogen-bond donors (Lipinski definition) is 1. The number of ether oxygens (including phenoxy) is 9. The second-order valence-electron chi connectivity index (χ2n) is 11.7. The standard InChI is InChI=1S/C37H65N5O13Si/c1-5-53-56(54-6-2,55-7-3)32-8-14-38-36(43)13-15-44-16-17-45-18-19-46-20-21-47-22-23-48-24-25-49-26-27-50-28-29-51-30-31-52-35-11-9-34(10-12-35)37-41-39-33(4)40-42-37/h9-12H,5-8,13-32H2,1-4H3,(H,38,43). The lowest BCUT2D eigenvalue weighted by Crippen LogP contribution is -2.46. The van der Waals surface area contributed by atoms with E-state index in [2.05, 4.69) is 25.7 Å². The van der Waals surface area contributed by atoms with Gasteiger partial charge < -0.3 is 61.2 Å². The molecule has 1 aromatic carbocycles. The molecule has 0 bridgehead atoms. The highest BCUT2D eigenvalue weighted by atomic mass is 28.4. The quantitative estimate of drug-likeness (QED) is 0.0765. The fraction of sp³-hybridized carbons (Fsp3) is 0.757. The van der Waals surface area contributed by atoms with Crippen molar-refractivity contribution in [2.75, 3.05) is 139 Å². The van der Waals surface area contributed by atoms with Gasteiger partial charge in [0, 0.05) is 44.4 Å². The second kappa shape index (κ2) is 34.3. The van der Waals surface area contributed by atoms with Crippen LogP contribution in [0.4, 0.5) is 0 Å². The number of aromatic nitrogens is 4. The van der Waals surface area contributed by atoms with Gasteiger partial charge in [-0.05, 0) is 58.4 Å². The minimum Gasteiger partial charge on any atom is -0.491 e. The van der Waals surface area contributed by atoms with Crippen LogP contribution in [0.1, 0.15) is 39.4 Å². The van der Waals surface area contributed by atoms with Gasteiger partial charge in [0.2, 0.25) is 11.7 Å². The molecule has 0 unspecified atom stereocenters. The number of aryl methyl sites for hydroxylation is 1. The van der Waals surface area contributed by atoms with Crippen molar-refractivity contribution in [1.29, 1.82) is 0 Å². The zero-order chi connectivity index (χ0) is 40.2. The Kier molecular flexibility index (Phi) is 30.2. The lowest BCUT2D eigenvalue weighted by molar-refractivity contribution is -0.122. The first kappa shape index (κ1) is 49.4. The van der Waals surface area contributed by atoms with E-state index in [1.165, 1.54) is 0 Å².